The zero-order chi connectivity index (χ0) is 20.4. The van der Waals surface area contributed by atoms with Crippen LogP contribution in [0.4, 0.5) is 5.88 Å². The molecule has 2 heterocycles. The Morgan fingerprint density at radius 2 is 1.79 bits per heavy atom. The Labute approximate surface area is 167 Å². The minimum absolute atomic E-state index is 0.0384. The fourth-order valence-electron chi connectivity index (χ4n) is 3.02. The Hall–Kier alpha value is -3.93. The fourth-order valence-corrected chi connectivity index (χ4v) is 3.02. The minimum atomic E-state index is -0.281. The van der Waals surface area contributed by atoms with Crippen molar-refractivity contribution >= 4 is 11.8 Å². The molecule has 29 heavy (non-hydrogen) atoms. The van der Waals surface area contributed by atoms with E-state index in [0.29, 0.717) is 16.8 Å². The van der Waals surface area contributed by atoms with Crippen molar-refractivity contribution in [1.82, 2.24) is 9.97 Å². The van der Waals surface area contributed by atoms with Crippen LogP contribution in [0.15, 0.2) is 71.4 Å². The molecule has 2 aromatic carbocycles. The van der Waals surface area contributed by atoms with E-state index in [1.54, 1.807) is 30.6 Å². The Bertz CT molecular complexity index is 1170. The number of carbonyl (C=O) groups excluding carboxylic acids is 1. The maximum Gasteiger partial charge on any atom is 0.233 e. The predicted octanol–water partition coefficient (Wildman–Crippen LogP) is 5.04. The number of phenolic OH excluding ortho intramolecular Hbond substituents is 1. The van der Waals surface area contributed by atoms with E-state index < -0.39 is 0 Å². The molecule has 0 aliphatic carbocycles. The van der Waals surface area contributed by atoms with Crippen LogP contribution in [0.5, 0.6) is 5.75 Å². The van der Waals surface area contributed by atoms with Crippen LogP contribution in [0.1, 0.15) is 12.5 Å². The molecule has 0 aliphatic rings. The van der Waals surface area contributed by atoms with Crippen molar-refractivity contribution < 1.29 is 14.3 Å². The van der Waals surface area contributed by atoms with E-state index in [9.17, 15) is 9.90 Å². The summed E-state index contributed by atoms with van der Waals surface area (Å²) in [6, 6.07) is 17.0. The molecular formula is C23H19N3O3. The second kappa shape index (κ2) is 7.59. The normalized spacial score (nSPS) is 10.7. The summed E-state index contributed by atoms with van der Waals surface area (Å²) in [6.45, 7) is 3.42. The number of pyridine rings is 1. The van der Waals surface area contributed by atoms with Crippen molar-refractivity contribution in [3.63, 3.8) is 0 Å². The molecule has 2 N–H and O–H groups in total. The smallest absolute Gasteiger partial charge is 0.233 e. The van der Waals surface area contributed by atoms with Gasteiger partial charge in [0.2, 0.25) is 17.7 Å². The van der Waals surface area contributed by atoms with Gasteiger partial charge in [-0.15, -0.1) is 0 Å². The zero-order valence-electron chi connectivity index (χ0n) is 16.0. The molecule has 0 bridgehead atoms. The standard InChI is InChI=1S/C23H19N3O3/c1-14-5-7-16(8-6-14)17-9-10-19(20(28)12-17)22-26-21(18-4-3-11-24-13-18)23(29-22)25-15(2)27/h3-13,28H,1-2H3,(H,25,27). The maximum atomic E-state index is 11.6. The summed E-state index contributed by atoms with van der Waals surface area (Å²) in [5, 5.41) is 13.3. The highest BCUT2D eigenvalue weighted by Crippen LogP contribution is 2.37. The van der Waals surface area contributed by atoms with Crippen molar-refractivity contribution in [2.75, 3.05) is 5.32 Å². The number of anilines is 1. The van der Waals surface area contributed by atoms with Crippen molar-refractivity contribution in [3.05, 3.63) is 72.6 Å². The van der Waals surface area contributed by atoms with Crippen LogP contribution in [0.3, 0.4) is 0 Å². The molecular weight excluding hydrogens is 366 g/mol. The monoisotopic (exact) mass is 385 g/mol. The number of aromatic nitrogens is 2. The van der Waals surface area contributed by atoms with E-state index in [-0.39, 0.29) is 23.4 Å². The molecule has 0 unspecified atom stereocenters. The quantitative estimate of drug-likeness (QED) is 0.514. The Morgan fingerprint density at radius 3 is 2.45 bits per heavy atom. The minimum Gasteiger partial charge on any atom is -0.507 e. The SMILES string of the molecule is CC(=O)Nc1oc(-c2ccc(-c3ccc(C)cc3)cc2O)nc1-c1cccnc1. The lowest BCUT2D eigenvalue weighted by Crippen LogP contribution is -2.05. The summed E-state index contributed by atoms with van der Waals surface area (Å²) >= 11 is 0. The van der Waals surface area contributed by atoms with Gasteiger partial charge >= 0.3 is 0 Å². The van der Waals surface area contributed by atoms with Crippen LogP contribution in [-0.2, 0) is 4.79 Å². The second-order valence-corrected chi connectivity index (χ2v) is 6.72. The molecule has 6 nitrogen and oxygen atoms in total. The topological polar surface area (TPSA) is 88.2 Å². The van der Waals surface area contributed by atoms with Gasteiger partial charge in [0.05, 0.1) is 5.56 Å². The maximum absolute atomic E-state index is 11.6. The second-order valence-electron chi connectivity index (χ2n) is 6.72. The van der Waals surface area contributed by atoms with Crippen LogP contribution in [0.2, 0.25) is 0 Å². The number of nitrogens with one attached hydrogen (secondary N) is 1. The van der Waals surface area contributed by atoms with Gasteiger partial charge < -0.3 is 9.52 Å². The number of amides is 1. The van der Waals surface area contributed by atoms with Gasteiger partial charge in [0.25, 0.3) is 0 Å². The van der Waals surface area contributed by atoms with Crippen LogP contribution in [0.25, 0.3) is 33.8 Å². The summed E-state index contributed by atoms with van der Waals surface area (Å²) in [5.41, 5.74) is 4.63. The summed E-state index contributed by atoms with van der Waals surface area (Å²) < 4.78 is 5.78. The third kappa shape index (κ3) is 3.87. The first kappa shape index (κ1) is 18.4. The molecule has 144 valence electrons. The van der Waals surface area contributed by atoms with Crippen molar-refractivity contribution in [3.8, 4) is 39.6 Å². The largest absolute Gasteiger partial charge is 0.507 e. The van der Waals surface area contributed by atoms with E-state index in [2.05, 4.69) is 15.3 Å². The van der Waals surface area contributed by atoms with E-state index in [1.807, 2.05) is 43.3 Å². The van der Waals surface area contributed by atoms with Crippen molar-refractivity contribution in [2.24, 2.45) is 0 Å². The van der Waals surface area contributed by atoms with Crippen LogP contribution in [-0.4, -0.2) is 21.0 Å². The lowest BCUT2D eigenvalue weighted by atomic mass is 10.0. The fraction of sp³-hybridized carbons (Fsp3) is 0.0870. The van der Waals surface area contributed by atoms with E-state index in [0.717, 1.165) is 11.1 Å². The molecule has 0 aliphatic heterocycles. The van der Waals surface area contributed by atoms with Crippen molar-refractivity contribution in [2.45, 2.75) is 13.8 Å². The summed E-state index contributed by atoms with van der Waals surface area (Å²) in [7, 11) is 0. The third-order valence-corrected chi connectivity index (χ3v) is 4.46. The Morgan fingerprint density at radius 1 is 1.03 bits per heavy atom. The van der Waals surface area contributed by atoms with Gasteiger partial charge in [0, 0.05) is 24.9 Å². The molecule has 6 heteroatoms. The number of aromatic hydroxyl groups is 1. The number of carbonyl (C=O) groups is 1. The number of aryl methyl sites for hydroxylation is 1. The van der Waals surface area contributed by atoms with E-state index in [1.165, 1.54) is 12.5 Å². The van der Waals surface area contributed by atoms with E-state index in [4.69, 9.17) is 4.42 Å². The number of benzene rings is 2. The first-order valence-electron chi connectivity index (χ1n) is 9.10. The Kier molecular flexibility index (Phi) is 4.83. The number of hydrogen-bond acceptors (Lipinski definition) is 5. The highest BCUT2D eigenvalue weighted by atomic mass is 16.4. The van der Waals surface area contributed by atoms with Gasteiger partial charge in [0.15, 0.2) is 0 Å². The first-order valence-corrected chi connectivity index (χ1v) is 9.10. The molecule has 4 rings (SSSR count). The molecule has 0 saturated heterocycles. The molecule has 0 atom stereocenters. The predicted molar refractivity (Wildman–Crippen MR) is 111 cm³/mol. The molecule has 1 amide bonds. The zero-order valence-corrected chi connectivity index (χ0v) is 16.0. The number of rotatable bonds is 4. The highest BCUT2D eigenvalue weighted by Gasteiger charge is 2.19. The molecule has 0 spiro atoms. The number of phenols is 1. The summed E-state index contributed by atoms with van der Waals surface area (Å²) in [5.74, 6) is 0.177. The van der Waals surface area contributed by atoms with Gasteiger partial charge in [-0.05, 0) is 42.3 Å². The van der Waals surface area contributed by atoms with Crippen LogP contribution < -0.4 is 5.32 Å². The molecule has 2 aromatic heterocycles. The highest BCUT2D eigenvalue weighted by molar-refractivity contribution is 5.91. The van der Waals surface area contributed by atoms with Gasteiger partial charge in [0.1, 0.15) is 11.4 Å². The average Bonchev–Trinajstić information content (AvgIpc) is 3.12. The van der Waals surface area contributed by atoms with Gasteiger partial charge in [-0.25, -0.2) is 4.98 Å². The molecule has 0 radical (unpaired) electrons. The molecule has 4 aromatic rings. The van der Waals surface area contributed by atoms with Crippen LogP contribution >= 0.6 is 0 Å². The average molecular weight is 385 g/mol. The van der Waals surface area contributed by atoms with Gasteiger partial charge in [-0.2, -0.15) is 0 Å². The summed E-state index contributed by atoms with van der Waals surface area (Å²) in [4.78, 5) is 20.2. The van der Waals surface area contributed by atoms with Gasteiger partial charge in [-0.1, -0.05) is 35.9 Å². The number of oxazole rings is 1. The summed E-state index contributed by atoms with van der Waals surface area (Å²) in [6.07, 6.45) is 3.28. The molecule has 0 saturated carbocycles. The first-order chi connectivity index (χ1) is 14.0. The van der Waals surface area contributed by atoms with Crippen molar-refractivity contribution in [1.29, 1.82) is 0 Å². The van der Waals surface area contributed by atoms with Gasteiger partial charge in [-0.3, -0.25) is 15.1 Å². The number of nitrogens with zero attached hydrogens (tertiary/aromatic N) is 2. The molecule has 0 fully saturated rings. The van der Waals surface area contributed by atoms with Crippen LogP contribution in [0, 0.1) is 6.92 Å². The Balaban J connectivity index is 1.75. The lowest BCUT2D eigenvalue weighted by molar-refractivity contribution is -0.114. The lowest BCUT2D eigenvalue weighted by Gasteiger charge is -2.06. The third-order valence-electron chi connectivity index (χ3n) is 4.46. The van der Waals surface area contributed by atoms with E-state index >= 15 is 0 Å². The number of hydrogen-bond donors (Lipinski definition) is 2.